The van der Waals surface area contributed by atoms with Gasteiger partial charge in [0.1, 0.15) is 5.52 Å². The molecule has 2 heterocycles. The number of carbonyl (C=O) groups excluding carboxylic acids is 1. The standard InChI is InChI=1S/C14H12N2.C10H6O8.H2O/c1-9-3-5-11-7-8-12-6-4-10(2)16-14(12)13(11)15-9;11-7(12)3-1-4(8(13)14)6(10(17)18)2-5(3)9(15)16;/h3-8H,1-2H3;1-2H,(H,11,12)(H,13,14)(H,15,16)(H,17,18);1H2. The number of aromatic nitrogens is 2. The van der Waals surface area contributed by atoms with Gasteiger partial charge in [-0.2, -0.15) is 0 Å². The first-order valence-electron chi connectivity index (χ1n) is 9.78. The lowest BCUT2D eigenvalue weighted by molar-refractivity contribution is -0.353. The van der Waals surface area contributed by atoms with Crippen LogP contribution in [0.3, 0.4) is 0 Å². The van der Waals surface area contributed by atoms with Crippen LogP contribution in [0.2, 0.25) is 0 Å². The predicted octanol–water partition coefficient (Wildman–Crippen LogP) is 1.14. The smallest absolute Gasteiger partial charge is 0.336 e. The van der Waals surface area contributed by atoms with Crippen LogP contribution in [-0.2, 0) is 0 Å². The highest BCUT2D eigenvalue weighted by Gasteiger charge is 2.22. The number of H-pyrrole nitrogens is 1. The van der Waals surface area contributed by atoms with E-state index in [1.54, 1.807) is 0 Å². The van der Waals surface area contributed by atoms with E-state index in [1.165, 1.54) is 10.8 Å². The van der Waals surface area contributed by atoms with E-state index < -0.39 is 46.1 Å². The normalized spacial score (nSPS) is 10.1. The Kier molecular flexibility index (Phi) is 7.80. The summed E-state index contributed by atoms with van der Waals surface area (Å²) in [6, 6.07) is 13.5. The lowest BCUT2D eigenvalue weighted by Crippen LogP contribution is -2.26. The molecule has 0 unspecified atom stereocenters. The number of nitrogens with zero attached hydrogens (tertiary/aromatic N) is 1. The van der Waals surface area contributed by atoms with E-state index in [-0.39, 0.29) is 5.48 Å². The second kappa shape index (κ2) is 10.4. The maximum atomic E-state index is 10.8. The summed E-state index contributed by atoms with van der Waals surface area (Å²) in [7, 11) is 0. The Morgan fingerprint density at radius 1 is 0.743 bits per heavy atom. The minimum absolute atomic E-state index is 0. The number of aryl methyl sites for hydroxylation is 2. The van der Waals surface area contributed by atoms with E-state index in [0.717, 1.165) is 22.4 Å². The zero-order valence-corrected chi connectivity index (χ0v) is 18.4. The van der Waals surface area contributed by atoms with Gasteiger partial charge in [-0.25, -0.2) is 24.4 Å². The number of rotatable bonds is 4. The Hall–Kier alpha value is -4.90. The van der Waals surface area contributed by atoms with E-state index in [9.17, 15) is 24.3 Å². The summed E-state index contributed by atoms with van der Waals surface area (Å²) >= 11 is 0. The number of aromatic amines is 1. The summed E-state index contributed by atoms with van der Waals surface area (Å²) in [6.07, 6.45) is 0. The first-order valence-corrected chi connectivity index (χ1v) is 9.78. The first-order chi connectivity index (χ1) is 16.0. The highest BCUT2D eigenvalue weighted by molar-refractivity contribution is 6.08. The van der Waals surface area contributed by atoms with Crippen LogP contribution in [0.25, 0.3) is 21.8 Å². The van der Waals surface area contributed by atoms with Crippen LogP contribution in [0.5, 0.6) is 0 Å². The molecule has 0 aliphatic rings. The molecule has 35 heavy (non-hydrogen) atoms. The molecule has 4 aromatic rings. The monoisotopic (exact) mass is 480 g/mol. The van der Waals surface area contributed by atoms with Crippen LogP contribution in [0.4, 0.5) is 0 Å². The Morgan fingerprint density at radius 3 is 1.74 bits per heavy atom. The second-order valence-electron chi connectivity index (χ2n) is 7.34. The molecule has 0 radical (unpaired) electrons. The number of hydrogen-bond donors (Lipinski definition) is 3. The molecule has 0 bridgehead atoms. The third kappa shape index (κ3) is 5.54. The zero-order chi connectivity index (χ0) is 25.2. The van der Waals surface area contributed by atoms with Crippen molar-refractivity contribution in [2.75, 3.05) is 0 Å². The maximum Gasteiger partial charge on any atom is 0.336 e. The minimum Gasteiger partial charge on any atom is -0.545 e. The average molecular weight is 480 g/mol. The Bertz CT molecular complexity index is 1340. The average Bonchev–Trinajstić information content (AvgIpc) is 2.78. The summed E-state index contributed by atoms with van der Waals surface area (Å²) < 4.78 is 0. The van der Waals surface area contributed by atoms with Crippen molar-refractivity contribution in [1.82, 2.24) is 4.98 Å². The van der Waals surface area contributed by atoms with Crippen molar-refractivity contribution in [3.05, 3.63) is 82.2 Å². The molecule has 2 aromatic carbocycles. The molecule has 180 valence electrons. The molecule has 0 amide bonds. The van der Waals surface area contributed by atoms with Crippen LogP contribution >= 0.6 is 0 Å². The van der Waals surface area contributed by atoms with E-state index >= 15 is 0 Å². The summed E-state index contributed by atoms with van der Waals surface area (Å²) in [5.41, 5.74) is 1.000. The molecule has 4 rings (SSSR count). The third-order valence-corrected chi connectivity index (χ3v) is 4.94. The third-order valence-electron chi connectivity index (χ3n) is 4.94. The summed E-state index contributed by atoms with van der Waals surface area (Å²) in [5.74, 6) is -6.98. The van der Waals surface area contributed by atoms with Gasteiger partial charge in [-0.05, 0) is 37.3 Å². The van der Waals surface area contributed by atoms with Crippen molar-refractivity contribution in [3.63, 3.8) is 0 Å². The van der Waals surface area contributed by atoms with Gasteiger partial charge in [0.2, 0.25) is 5.52 Å². The number of carboxylic acids is 4. The molecule has 0 atom stereocenters. The quantitative estimate of drug-likeness (QED) is 0.357. The van der Waals surface area contributed by atoms with Gasteiger partial charge in [-0.1, -0.05) is 12.1 Å². The van der Waals surface area contributed by atoms with Gasteiger partial charge in [0.05, 0.1) is 22.7 Å². The van der Waals surface area contributed by atoms with E-state index in [2.05, 4.69) is 47.2 Å². The lowest BCUT2D eigenvalue weighted by atomic mass is 9.98. The molecule has 0 fully saturated rings. The zero-order valence-electron chi connectivity index (χ0n) is 18.4. The molecular weight excluding hydrogens is 460 g/mol. The number of carboxylic acid groups (broad SMARTS) is 4. The van der Waals surface area contributed by atoms with Crippen molar-refractivity contribution in [2.24, 2.45) is 0 Å². The number of benzene rings is 2. The number of nitrogens with one attached hydrogen (secondary N) is 1. The number of fused-ring (bicyclic) bond motifs is 3. The van der Waals surface area contributed by atoms with Gasteiger partial charge in [-0.3, -0.25) is 0 Å². The molecule has 0 saturated carbocycles. The molecule has 0 aliphatic carbocycles. The van der Waals surface area contributed by atoms with Crippen molar-refractivity contribution in [3.8, 4) is 0 Å². The summed E-state index contributed by atoms with van der Waals surface area (Å²) in [5, 5.41) is 39.2. The van der Waals surface area contributed by atoms with Gasteiger partial charge in [-0.15, -0.1) is 0 Å². The van der Waals surface area contributed by atoms with E-state index in [4.69, 9.17) is 15.3 Å². The van der Waals surface area contributed by atoms with Crippen LogP contribution in [0.1, 0.15) is 52.8 Å². The number of carbonyl (C=O) groups is 4. The van der Waals surface area contributed by atoms with Gasteiger partial charge < -0.3 is 30.7 Å². The van der Waals surface area contributed by atoms with Crippen LogP contribution < -0.4 is 10.1 Å². The Balaban J connectivity index is 0.000000241. The first kappa shape index (κ1) is 26.4. The van der Waals surface area contributed by atoms with Crippen LogP contribution in [0.15, 0.2) is 48.5 Å². The molecule has 0 aliphatic heterocycles. The molecular formula is C24H20N2O9. The predicted molar refractivity (Wildman–Crippen MR) is 121 cm³/mol. The largest absolute Gasteiger partial charge is 0.545 e. The molecule has 2 aromatic heterocycles. The van der Waals surface area contributed by atoms with Crippen molar-refractivity contribution in [1.29, 1.82) is 0 Å². The van der Waals surface area contributed by atoms with E-state index in [1.807, 2.05) is 13.0 Å². The van der Waals surface area contributed by atoms with Gasteiger partial charge in [0.15, 0.2) is 5.69 Å². The molecule has 11 nitrogen and oxygen atoms in total. The fourth-order valence-corrected chi connectivity index (χ4v) is 3.33. The number of hydrogen-bond acceptors (Lipinski definition) is 6. The fourth-order valence-electron chi connectivity index (χ4n) is 3.33. The van der Waals surface area contributed by atoms with Crippen molar-refractivity contribution in [2.45, 2.75) is 13.8 Å². The number of aromatic carboxylic acids is 4. The Labute approximate surface area is 197 Å². The Morgan fingerprint density at radius 2 is 1.20 bits per heavy atom. The SMILES string of the molecule is Cc1ccc2ccc3ccc(C)[nH+]c3c2n1.O.O=C([O-])c1cc(C(=O)O)c(C(=O)O)cc1C(=O)O. The van der Waals surface area contributed by atoms with Crippen LogP contribution in [0, 0.1) is 13.8 Å². The van der Waals surface area contributed by atoms with Crippen LogP contribution in [-0.4, -0.2) is 49.7 Å². The highest BCUT2D eigenvalue weighted by atomic mass is 16.4. The topological polar surface area (TPSA) is 211 Å². The molecule has 0 spiro atoms. The van der Waals surface area contributed by atoms with Crippen molar-refractivity contribution >= 4 is 45.7 Å². The van der Waals surface area contributed by atoms with Gasteiger partial charge >= 0.3 is 17.9 Å². The summed E-state index contributed by atoms with van der Waals surface area (Å²) in [4.78, 5) is 51.0. The lowest BCUT2D eigenvalue weighted by Gasteiger charge is -2.10. The molecule has 0 saturated heterocycles. The maximum absolute atomic E-state index is 10.8. The second-order valence-corrected chi connectivity index (χ2v) is 7.34. The highest BCUT2D eigenvalue weighted by Crippen LogP contribution is 2.21. The minimum atomic E-state index is -1.91. The van der Waals surface area contributed by atoms with Gasteiger partial charge in [0.25, 0.3) is 0 Å². The number of pyridine rings is 2. The van der Waals surface area contributed by atoms with Gasteiger partial charge in [0, 0.05) is 35.0 Å². The summed E-state index contributed by atoms with van der Waals surface area (Å²) in [6.45, 7) is 4.09. The fraction of sp³-hybridized carbons (Fsp3) is 0.0833. The van der Waals surface area contributed by atoms with E-state index in [0.29, 0.717) is 12.1 Å². The van der Waals surface area contributed by atoms with Crippen molar-refractivity contribution < 1.29 is 50.1 Å². The molecule has 11 heteroatoms. The molecule has 6 N–H and O–H groups in total.